The Morgan fingerprint density at radius 2 is 2.21 bits per heavy atom. The van der Waals surface area contributed by atoms with Gasteiger partial charge in [0.15, 0.2) is 0 Å². The topological polar surface area (TPSA) is 56.3 Å². The van der Waals surface area contributed by atoms with Crippen LogP contribution in [0, 0.1) is 0 Å². The molecule has 4 nitrogen and oxygen atoms in total. The minimum absolute atomic E-state index is 0.00405. The molecule has 0 N–H and O–H groups in total. The molecule has 0 unspecified atom stereocenters. The van der Waals surface area contributed by atoms with Crippen molar-refractivity contribution in [1.29, 1.82) is 0 Å². The third-order valence-corrected chi connectivity index (χ3v) is 3.93. The molecule has 0 aliphatic rings. The summed E-state index contributed by atoms with van der Waals surface area (Å²) in [5.41, 5.74) is 0.636. The molecule has 0 atom stereocenters. The second-order valence-electron chi connectivity index (χ2n) is 2.65. The summed E-state index contributed by atoms with van der Waals surface area (Å²) in [7, 11) is -3.39. The quantitative estimate of drug-likeness (QED) is 0.797. The maximum atomic E-state index is 10.7. The number of aryl methyl sites for hydroxylation is 1. The van der Waals surface area contributed by atoms with Gasteiger partial charge in [0.1, 0.15) is 6.61 Å². The molecule has 0 saturated carbocycles. The van der Waals surface area contributed by atoms with Crippen LogP contribution in [0.25, 0.3) is 0 Å². The molecule has 0 fully saturated rings. The number of halogens is 1. The lowest BCUT2D eigenvalue weighted by atomic mass is 10.5. The summed E-state index contributed by atoms with van der Waals surface area (Å²) >= 11 is 4.80. The van der Waals surface area contributed by atoms with Crippen molar-refractivity contribution in [1.82, 2.24) is 4.98 Å². The standard InChI is InChI=1S/C7H10BrNO3S2/c1-3-6-9-5(7(8)13-6)4-12-14(2,10)11/h3-4H2,1-2H3. The van der Waals surface area contributed by atoms with E-state index in [-0.39, 0.29) is 6.61 Å². The van der Waals surface area contributed by atoms with Gasteiger partial charge in [0.05, 0.1) is 20.7 Å². The third-order valence-electron chi connectivity index (χ3n) is 1.41. The Kier molecular flexibility index (Phi) is 4.05. The lowest BCUT2D eigenvalue weighted by Gasteiger charge is -1.97. The molecule has 14 heavy (non-hydrogen) atoms. The van der Waals surface area contributed by atoms with Gasteiger partial charge in [-0.1, -0.05) is 6.92 Å². The normalized spacial score (nSPS) is 11.9. The zero-order valence-corrected chi connectivity index (χ0v) is 11.0. The van der Waals surface area contributed by atoms with E-state index in [1.165, 1.54) is 11.3 Å². The van der Waals surface area contributed by atoms with Gasteiger partial charge in [-0.3, -0.25) is 4.18 Å². The van der Waals surface area contributed by atoms with Crippen molar-refractivity contribution in [3.05, 3.63) is 14.5 Å². The second-order valence-corrected chi connectivity index (χ2v) is 6.69. The zero-order valence-electron chi connectivity index (χ0n) is 7.78. The maximum Gasteiger partial charge on any atom is 0.264 e. The number of hydrogen-bond acceptors (Lipinski definition) is 5. The monoisotopic (exact) mass is 299 g/mol. The smallest absolute Gasteiger partial charge is 0.264 e. The Labute approximate surface area is 95.6 Å². The van der Waals surface area contributed by atoms with Gasteiger partial charge in [-0.25, -0.2) is 4.98 Å². The molecule has 7 heteroatoms. The molecule has 0 saturated heterocycles. The van der Waals surface area contributed by atoms with Crippen LogP contribution >= 0.6 is 27.3 Å². The van der Waals surface area contributed by atoms with Gasteiger partial charge in [0.25, 0.3) is 10.1 Å². The summed E-state index contributed by atoms with van der Waals surface area (Å²) in [6.45, 7) is 1.99. The summed E-state index contributed by atoms with van der Waals surface area (Å²) in [6, 6.07) is 0. The van der Waals surface area contributed by atoms with Gasteiger partial charge in [0, 0.05) is 0 Å². The van der Waals surface area contributed by atoms with E-state index in [1.807, 2.05) is 6.92 Å². The molecular weight excluding hydrogens is 290 g/mol. The molecular formula is C7H10BrNO3S2. The van der Waals surface area contributed by atoms with Crippen molar-refractivity contribution >= 4 is 37.4 Å². The highest BCUT2D eigenvalue weighted by atomic mass is 79.9. The molecule has 0 aromatic carbocycles. The predicted octanol–water partition coefficient (Wildman–Crippen LogP) is 1.94. The number of rotatable bonds is 4. The molecule has 0 bridgehead atoms. The van der Waals surface area contributed by atoms with Crippen LogP contribution < -0.4 is 0 Å². The molecule has 1 aromatic heterocycles. The van der Waals surface area contributed by atoms with Gasteiger partial charge >= 0.3 is 0 Å². The van der Waals surface area contributed by atoms with Crippen molar-refractivity contribution in [2.24, 2.45) is 0 Å². The van der Waals surface area contributed by atoms with Crippen LogP contribution in [-0.2, 0) is 27.3 Å². The predicted molar refractivity (Wildman–Crippen MR) is 58.8 cm³/mol. The molecule has 1 heterocycles. The Bertz CT molecular complexity index is 413. The first-order valence-corrected chi connectivity index (χ1v) is 7.33. The van der Waals surface area contributed by atoms with Crippen molar-refractivity contribution in [2.75, 3.05) is 6.26 Å². The highest BCUT2D eigenvalue weighted by Crippen LogP contribution is 2.25. The molecule has 1 rings (SSSR count). The number of aromatic nitrogens is 1. The van der Waals surface area contributed by atoms with Crippen molar-refractivity contribution in [3.63, 3.8) is 0 Å². The molecule has 0 spiro atoms. The van der Waals surface area contributed by atoms with Crippen molar-refractivity contribution < 1.29 is 12.6 Å². The minimum Gasteiger partial charge on any atom is -0.264 e. The van der Waals surface area contributed by atoms with E-state index in [2.05, 4.69) is 25.1 Å². The highest BCUT2D eigenvalue weighted by Gasteiger charge is 2.10. The summed E-state index contributed by atoms with van der Waals surface area (Å²) in [6.07, 6.45) is 1.86. The zero-order chi connectivity index (χ0) is 10.8. The van der Waals surface area contributed by atoms with E-state index < -0.39 is 10.1 Å². The average molecular weight is 300 g/mol. The van der Waals surface area contributed by atoms with E-state index in [0.29, 0.717) is 5.69 Å². The SMILES string of the molecule is CCc1nc(COS(C)(=O)=O)c(Br)s1. The van der Waals surface area contributed by atoms with Gasteiger partial charge < -0.3 is 0 Å². The van der Waals surface area contributed by atoms with E-state index in [4.69, 9.17) is 0 Å². The highest BCUT2D eigenvalue weighted by molar-refractivity contribution is 9.11. The number of hydrogen-bond donors (Lipinski definition) is 0. The Morgan fingerprint density at radius 1 is 1.57 bits per heavy atom. The molecule has 1 aromatic rings. The first-order chi connectivity index (χ1) is 6.42. The first kappa shape index (κ1) is 12.1. The molecule has 80 valence electrons. The summed E-state index contributed by atoms with van der Waals surface area (Å²) in [5, 5.41) is 0.962. The van der Waals surface area contributed by atoms with E-state index in [0.717, 1.165) is 21.5 Å². The molecule has 0 radical (unpaired) electrons. The van der Waals surface area contributed by atoms with Gasteiger partial charge in [-0.05, 0) is 22.4 Å². The largest absolute Gasteiger partial charge is 0.264 e. The Hall–Kier alpha value is 0.0200. The van der Waals surface area contributed by atoms with Gasteiger partial charge in [-0.15, -0.1) is 11.3 Å². The third kappa shape index (κ3) is 3.64. The first-order valence-electron chi connectivity index (χ1n) is 3.91. The lowest BCUT2D eigenvalue weighted by molar-refractivity contribution is 0.307. The van der Waals surface area contributed by atoms with Crippen molar-refractivity contribution in [3.8, 4) is 0 Å². The van der Waals surface area contributed by atoms with E-state index in [1.54, 1.807) is 0 Å². The van der Waals surface area contributed by atoms with Crippen LogP contribution in [0.4, 0.5) is 0 Å². The van der Waals surface area contributed by atoms with Crippen LogP contribution in [-0.4, -0.2) is 19.7 Å². The average Bonchev–Trinajstić information content (AvgIpc) is 2.42. The number of nitrogens with zero attached hydrogens (tertiary/aromatic N) is 1. The van der Waals surface area contributed by atoms with E-state index in [9.17, 15) is 8.42 Å². The Morgan fingerprint density at radius 3 is 2.64 bits per heavy atom. The van der Waals surface area contributed by atoms with Crippen molar-refractivity contribution in [2.45, 2.75) is 20.0 Å². The Balaban J connectivity index is 2.72. The minimum atomic E-state index is -3.39. The van der Waals surface area contributed by atoms with Crippen LogP contribution in [0.2, 0.25) is 0 Å². The molecule has 0 aliphatic heterocycles. The fourth-order valence-electron chi connectivity index (χ4n) is 0.783. The molecule has 0 aliphatic carbocycles. The van der Waals surface area contributed by atoms with E-state index >= 15 is 0 Å². The summed E-state index contributed by atoms with van der Waals surface area (Å²) < 4.78 is 26.9. The van der Waals surface area contributed by atoms with Gasteiger partial charge in [0.2, 0.25) is 0 Å². The van der Waals surface area contributed by atoms with Crippen LogP contribution in [0.15, 0.2) is 3.79 Å². The summed E-state index contributed by atoms with van der Waals surface area (Å²) in [4.78, 5) is 4.21. The van der Waals surface area contributed by atoms with Crippen LogP contribution in [0.3, 0.4) is 0 Å². The fourth-order valence-corrected chi connectivity index (χ4v) is 2.60. The fraction of sp³-hybridized carbons (Fsp3) is 0.571. The number of thiazole rings is 1. The second kappa shape index (κ2) is 4.69. The molecule has 0 amide bonds. The summed E-state index contributed by atoms with van der Waals surface area (Å²) in [5.74, 6) is 0. The maximum absolute atomic E-state index is 10.7. The van der Waals surface area contributed by atoms with Crippen LogP contribution in [0.1, 0.15) is 17.6 Å². The lowest BCUT2D eigenvalue weighted by Crippen LogP contribution is -2.03. The van der Waals surface area contributed by atoms with Crippen LogP contribution in [0.5, 0.6) is 0 Å². The van der Waals surface area contributed by atoms with Gasteiger partial charge in [-0.2, -0.15) is 8.42 Å².